The summed E-state index contributed by atoms with van der Waals surface area (Å²) in [6, 6.07) is 0. The van der Waals surface area contributed by atoms with E-state index in [9.17, 15) is 4.79 Å². The summed E-state index contributed by atoms with van der Waals surface area (Å²) < 4.78 is 1.79. The number of rotatable bonds is 3. The summed E-state index contributed by atoms with van der Waals surface area (Å²) in [7, 11) is 1.91. The lowest BCUT2D eigenvalue weighted by Crippen LogP contribution is -2.39. The van der Waals surface area contributed by atoms with E-state index in [1.807, 2.05) is 24.3 Å². The van der Waals surface area contributed by atoms with E-state index in [1.165, 1.54) is 19.3 Å². The standard InChI is InChI=1S/C20H25N7O/c1-26-9-14(7-24-26)16-10-27(11-17-19(16)22-12-21-17)20(28)15-8-23-25-18(15)13-5-3-2-4-6-13/h7-9,12-13,16H,2-6,10-11H2,1H3,(H,21,22)(H,23,25). The number of hydrogen-bond donors (Lipinski definition) is 2. The van der Waals surface area contributed by atoms with Crippen molar-refractivity contribution in [3.8, 4) is 0 Å². The van der Waals surface area contributed by atoms with Crippen molar-refractivity contribution in [3.63, 3.8) is 0 Å². The van der Waals surface area contributed by atoms with Crippen LogP contribution in [0.15, 0.2) is 24.9 Å². The van der Waals surface area contributed by atoms with Crippen molar-refractivity contribution >= 4 is 5.91 Å². The van der Waals surface area contributed by atoms with Crippen LogP contribution >= 0.6 is 0 Å². The molecular formula is C20H25N7O. The highest BCUT2D eigenvalue weighted by Gasteiger charge is 2.34. The third kappa shape index (κ3) is 2.93. The second kappa shape index (κ2) is 6.92. The van der Waals surface area contributed by atoms with Crippen LogP contribution in [0.4, 0.5) is 0 Å². The first-order valence-corrected chi connectivity index (χ1v) is 10.0. The van der Waals surface area contributed by atoms with Gasteiger partial charge in [-0.3, -0.25) is 14.6 Å². The molecule has 0 spiro atoms. The zero-order valence-corrected chi connectivity index (χ0v) is 16.1. The molecule has 4 heterocycles. The van der Waals surface area contributed by atoms with Crippen molar-refractivity contribution in [2.75, 3.05) is 6.54 Å². The number of imidazole rings is 1. The third-order valence-corrected chi connectivity index (χ3v) is 6.16. The highest BCUT2D eigenvalue weighted by Crippen LogP contribution is 2.35. The predicted molar refractivity (Wildman–Crippen MR) is 103 cm³/mol. The molecule has 1 unspecified atom stereocenters. The topological polar surface area (TPSA) is 95.5 Å². The smallest absolute Gasteiger partial charge is 0.257 e. The first-order valence-electron chi connectivity index (χ1n) is 10.0. The van der Waals surface area contributed by atoms with Crippen molar-refractivity contribution in [3.05, 3.63) is 53.1 Å². The molecule has 1 atom stereocenters. The van der Waals surface area contributed by atoms with Crippen LogP contribution in [0.1, 0.15) is 76.9 Å². The molecule has 146 valence electrons. The number of nitrogens with one attached hydrogen (secondary N) is 2. The maximum atomic E-state index is 13.4. The summed E-state index contributed by atoms with van der Waals surface area (Å²) in [5.41, 5.74) is 4.82. The van der Waals surface area contributed by atoms with Crippen molar-refractivity contribution in [1.82, 2.24) is 34.8 Å². The molecule has 1 fully saturated rings. The second-order valence-corrected chi connectivity index (χ2v) is 7.98. The Morgan fingerprint density at radius 2 is 2.07 bits per heavy atom. The summed E-state index contributed by atoms with van der Waals surface area (Å²) in [6.07, 6.45) is 13.3. The Kier molecular flexibility index (Phi) is 4.26. The number of hydrogen-bond acceptors (Lipinski definition) is 4. The van der Waals surface area contributed by atoms with Crippen LogP contribution < -0.4 is 0 Å². The Morgan fingerprint density at radius 1 is 1.21 bits per heavy atom. The number of carbonyl (C=O) groups excluding carboxylic acids is 1. The van der Waals surface area contributed by atoms with Gasteiger partial charge in [-0.2, -0.15) is 10.2 Å². The van der Waals surface area contributed by atoms with Crippen molar-refractivity contribution < 1.29 is 4.79 Å². The quantitative estimate of drug-likeness (QED) is 0.731. The molecule has 0 bridgehead atoms. The van der Waals surface area contributed by atoms with Gasteiger partial charge in [-0.1, -0.05) is 19.3 Å². The van der Waals surface area contributed by atoms with Crippen LogP contribution in [0, 0.1) is 0 Å². The van der Waals surface area contributed by atoms with Gasteiger partial charge >= 0.3 is 0 Å². The van der Waals surface area contributed by atoms with Crippen LogP contribution in [0.5, 0.6) is 0 Å². The minimum Gasteiger partial charge on any atom is -0.347 e. The zero-order chi connectivity index (χ0) is 19.1. The van der Waals surface area contributed by atoms with E-state index < -0.39 is 0 Å². The van der Waals surface area contributed by atoms with Gasteiger partial charge in [0.05, 0.1) is 47.9 Å². The normalized spacial score (nSPS) is 20.3. The van der Waals surface area contributed by atoms with E-state index in [4.69, 9.17) is 0 Å². The van der Waals surface area contributed by atoms with E-state index in [-0.39, 0.29) is 11.8 Å². The van der Waals surface area contributed by atoms with Gasteiger partial charge in [-0.15, -0.1) is 0 Å². The number of aryl methyl sites for hydroxylation is 1. The van der Waals surface area contributed by atoms with E-state index in [2.05, 4.69) is 25.3 Å². The molecule has 3 aromatic heterocycles. The second-order valence-electron chi connectivity index (χ2n) is 7.98. The minimum absolute atomic E-state index is 0.0256. The number of H-pyrrole nitrogens is 2. The molecule has 1 amide bonds. The van der Waals surface area contributed by atoms with Gasteiger partial charge < -0.3 is 9.88 Å². The molecule has 2 aliphatic rings. The van der Waals surface area contributed by atoms with Crippen LogP contribution in [-0.2, 0) is 13.6 Å². The Hall–Kier alpha value is -2.90. The molecule has 5 rings (SSSR count). The predicted octanol–water partition coefficient (Wildman–Crippen LogP) is 2.70. The Bertz CT molecular complexity index is 978. The first-order chi connectivity index (χ1) is 13.7. The maximum absolute atomic E-state index is 13.4. The molecule has 1 aliphatic heterocycles. The highest BCUT2D eigenvalue weighted by molar-refractivity contribution is 5.95. The molecular weight excluding hydrogens is 354 g/mol. The van der Waals surface area contributed by atoms with Gasteiger partial charge in [-0.25, -0.2) is 4.98 Å². The van der Waals surface area contributed by atoms with E-state index >= 15 is 0 Å². The molecule has 8 heteroatoms. The number of aromatic amines is 2. The number of fused-ring (bicyclic) bond motifs is 1. The first kappa shape index (κ1) is 17.2. The molecule has 3 aromatic rings. The van der Waals surface area contributed by atoms with E-state index in [1.54, 1.807) is 17.2 Å². The fourth-order valence-corrected chi connectivity index (χ4v) is 4.70. The van der Waals surface area contributed by atoms with Gasteiger partial charge in [0.25, 0.3) is 5.91 Å². The lowest BCUT2D eigenvalue weighted by atomic mass is 9.85. The average molecular weight is 379 g/mol. The Morgan fingerprint density at radius 3 is 2.86 bits per heavy atom. The number of amides is 1. The minimum atomic E-state index is 0.0256. The molecule has 1 saturated carbocycles. The average Bonchev–Trinajstić information content (AvgIpc) is 3.47. The monoisotopic (exact) mass is 379 g/mol. The van der Waals surface area contributed by atoms with Crippen molar-refractivity contribution in [1.29, 1.82) is 0 Å². The van der Waals surface area contributed by atoms with Crippen LogP contribution in [-0.4, -0.2) is 47.3 Å². The van der Waals surface area contributed by atoms with Crippen LogP contribution in [0.3, 0.4) is 0 Å². The zero-order valence-electron chi connectivity index (χ0n) is 16.1. The van der Waals surface area contributed by atoms with Crippen LogP contribution in [0.2, 0.25) is 0 Å². The lowest BCUT2D eigenvalue weighted by molar-refractivity contribution is 0.0720. The van der Waals surface area contributed by atoms with Crippen molar-refractivity contribution in [2.24, 2.45) is 7.05 Å². The summed E-state index contributed by atoms with van der Waals surface area (Å²) in [5.74, 6) is 0.484. The van der Waals surface area contributed by atoms with Gasteiger partial charge in [0.15, 0.2) is 0 Å². The highest BCUT2D eigenvalue weighted by atomic mass is 16.2. The number of carbonyl (C=O) groups is 1. The molecule has 0 saturated heterocycles. The molecule has 1 aliphatic carbocycles. The molecule has 2 N–H and O–H groups in total. The largest absolute Gasteiger partial charge is 0.347 e. The Labute approximate surface area is 163 Å². The summed E-state index contributed by atoms with van der Waals surface area (Å²) in [6.45, 7) is 1.14. The van der Waals surface area contributed by atoms with E-state index in [0.717, 1.165) is 41.1 Å². The Balaban J connectivity index is 1.44. The summed E-state index contributed by atoms with van der Waals surface area (Å²) in [4.78, 5) is 23.1. The maximum Gasteiger partial charge on any atom is 0.257 e. The van der Waals surface area contributed by atoms with Crippen LogP contribution in [0.25, 0.3) is 0 Å². The SMILES string of the molecule is Cn1cc(C2CN(C(=O)c3cn[nH]c3C3CCCCC3)Cc3[nH]cnc32)cn1. The number of aromatic nitrogens is 6. The van der Waals surface area contributed by atoms with Crippen molar-refractivity contribution in [2.45, 2.75) is 50.5 Å². The fraction of sp³-hybridized carbons (Fsp3) is 0.500. The number of nitrogens with zero attached hydrogens (tertiary/aromatic N) is 5. The lowest BCUT2D eigenvalue weighted by Gasteiger charge is -2.32. The molecule has 0 radical (unpaired) electrons. The molecule has 0 aromatic carbocycles. The van der Waals surface area contributed by atoms with Gasteiger partial charge in [0.2, 0.25) is 0 Å². The third-order valence-electron chi connectivity index (χ3n) is 6.16. The fourth-order valence-electron chi connectivity index (χ4n) is 4.70. The summed E-state index contributed by atoms with van der Waals surface area (Å²) in [5, 5.41) is 11.7. The van der Waals surface area contributed by atoms with Gasteiger partial charge in [-0.05, 0) is 12.8 Å². The molecule has 28 heavy (non-hydrogen) atoms. The van der Waals surface area contributed by atoms with Gasteiger partial charge in [0.1, 0.15) is 0 Å². The molecule has 8 nitrogen and oxygen atoms in total. The summed E-state index contributed by atoms with van der Waals surface area (Å²) >= 11 is 0. The van der Waals surface area contributed by atoms with Gasteiger partial charge in [0, 0.05) is 37.2 Å². The van der Waals surface area contributed by atoms with E-state index in [0.29, 0.717) is 19.0 Å².